The van der Waals surface area contributed by atoms with Crippen LogP contribution in [0.3, 0.4) is 0 Å². The Morgan fingerprint density at radius 2 is 1.57 bits per heavy atom. The number of rotatable bonds is 4. The Hall–Kier alpha value is -1.60. The second-order valence-corrected chi connectivity index (χ2v) is 6.09. The molecule has 0 spiro atoms. The minimum atomic E-state index is 0.424. The quantitative estimate of drug-likeness (QED) is 0.839. The minimum absolute atomic E-state index is 0.424. The largest absolute Gasteiger partial charge is 0.310 e. The second kappa shape index (κ2) is 6.44. The molecule has 0 fully saturated rings. The molecule has 1 aliphatic carbocycles. The van der Waals surface area contributed by atoms with Crippen molar-refractivity contribution >= 4 is 0 Å². The molecule has 1 atom stereocenters. The van der Waals surface area contributed by atoms with Crippen molar-refractivity contribution in [3.63, 3.8) is 0 Å². The normalized spacial score (nSPS) is 15.5. The number of aryl methyl sites for hydroxylation is 2. The van der Waals surface area contributed by atoms with Gasteiger partial charge >= 0.3 is 0 Å². The fraction of sp³-hybridized carbons (Fsp3) is 0.400. The van der Waals surface area contributed by atoms with Crippen molar-refractivity contribution in [3.05, 3.63) is 59.2 Å². The summed E-state index contributed by atoms with van der Waals surface area (Å²) in [4.78, 5) is 0. The van der Waals surface area contributed by atoms with Gasteiger partial charge in [-0.25, -0.2) is 0 Å². The molecule has 0 radical (unpaired) electrons. The van der Waals surface area contributed by atoms with Gasteiger partial charge in [0.25, 0.3) is 0 Å². The van der Waals surface area contributed by atoms with Gasteiger partial charge in [-0.05, 0) is 67.0 Å². The Morgan fingerprint density at radius 3 is 2.29 bits per heavy atom. The van der Waals surface area contributed by atoms with E-state index in [0.717, 1.165) is 6.54 Å². The summed E-state index contributed by atoms with van der Waals surface area (Å²) >= 11 is 0. The highest BCUT2D eigenvalue weighted by Gasteiger charge is 2.10. The van der Waals surface area contributed by atoms with Crippen molar-refractivity contribution in [2.45, 2.75) is 45.6 Å². The lowest BCUT2D eigenvalue weighted by Crippen LogP contribution is -2.17. The van der Waals surface area contributed by atoms with Gasteiger partial charge in [0.2, 0.25) is 0 Å². The van der Waals surface area contributed by atoms with E-state index in [1.54, 1.807) is 11.1 Å². The van der Waals surface area contributed by atoms with Gasteiger partial charge in [-0.3, -0.25) is 0 Å². The van der Waals surface area contributed by atoms with Gasteiger partial charge in [-0.2, -0.15) is 0 Å². The van der Waals surface area contributed by atoms with Crippen LogP contribution in [0.1, 0.15) is 49.4 Å². The van der Waals surface area contributed by atoms with E-state index >= 15 is 0 Å². The predicted octanol–water partition coefficient (Wildman–Crippen LogP) is 4.90. The smallest absolute Gasteiger partial charge is 0.0291 e. The Kier molecular flexibility index (Phi) is 4.40. The number of hydrogen-bond donors (Lipinski definition) is 1. The summed E-state index contributed by atoms with van der Waals surface area (Å²) in [6, 6.07) is 16.5. The van der Waals surface area contributed by atoms with Crippen LogP contribution in [0.4, 0.5) is 0 Å². The van der Waals surface area contributed by atoms with E-state index in [9.17, 15) is 0 Å². The fourth-order valence-electron chi connectivity index (χ4n) is 3.30. The molecule has 1 aliphatic rings. The van der Waals surface area contributed by atoms with E-state index in [0.29, 0.717) is 6.04 Å². The lowest BCUT2D eigenvalue weighted by molar-refractivity contribution is 0.598. The monoisotopic (exact) mass is 279 g/mol. The van der Waals surface area contributed by atoms with E-state index in [2.05, 4.69) is 61.6 Å². The van der Waals surface area contributed by atoms with Crippen LogP contribution in [-0.4, -0.2) is 6.54 Å². The first kappa shape index (κ1) is 14.3. The standard InChI is InChI=1S/C20H25N/c1-3-21-15(2)16-8-10-18(11-9-16)20-13-12-17-6-4-5-7-19(17)14-20/h8-15,21H,3-7H2,1-2H3. The third kappa shape index (κ3) is 3.19. The molecule has 0 amide bonds. The van der Waals surface area contributed by atoms with E-state index in [-0.39, 0.29) is 0 Å². The molecule has 110 valence electrons. The van der Waals surface area contributed by atoms with Crippen LogP contribution in [0.5, 0.6) is 0 Å². The zero-order valence-corrected chi connectivity index (χ0v) is 13.2. The molecule has 0 aliphatic heterocycles. The summed E-state index contributed by atoms with van der Waals surface area (Å²) in [5.74, 6) is 0. The summed E-state index contributed by atoms with van der Waals surface area (Å²) in [7, 11) is 0. The van der Waals surface area contributed by atoms with Crippen molar-refractivity contribution in [1.82, 2.24) is 5.32 Å². The zero-order valence-electron chi connectivity index (χ0n) is 13.2. The highest BCUT2D eigenvalue weighted by atomic mass is 14.9. The Bertz CT molecular complexity index is 598. The molecule has 0 saturated heterocycles. The van der Waals surface area contributed by atoms with Gasteiger partial charge in [0, 0.05) is 6.04 Å². The summed E-state index contributed by atoms with van der Waals surface area (Å²) in [6.45, 7) is 5.38. The van der Waals surface area contributed by atoms with Crippen molar-refractivity contribution < 1.29 is 0 Å². The van der Waals surface area contributed by atoms with Gasteiger partial charge in [0.1, 0.15) is 0 Å². The van der Waals surface area contributed by atoms with Crippen molar-refractivity contribution in [2.24, 2.45) is 0 Å². The molecule has 2 aromatic rings. The van der Waals surface area contributed by atoms with E-state index < -0.39 is 0 Å². The Balaban J connectivity index is 1.83. The molecule has 2 aromatic carbocycles. The van der Waals surface area contributed by atoms with E-state index in [1.807, 2.05) is 0 Å². The average molecular weight is 279 g/mol. The molecule has 1 unspecified atom stereocenters. The number of hydrogen-bond acceptors (Lipinski definition) is 1. The molecular formula is C20H25N. The van der Waals surface area contributed by atoms with Crippen LogP contribution in [0.25, 0.3) is 11.1 Å². The number of benzene rings is 2. The molecule has 21 heavy (non-hydrogen) atoms. The third-order valence-electron chi connectivity index (χ3n) is 4.60. The van der Waals surface area contributed by atoms with Crippen LogP contribution in [0, 0.1) is 0 Å². The SMILES string of the molecule is CCNC(C)c1ccc(-c2ccc3c(c2)CCCC3)cc1. The van der Waals surface area contributed by atoms with Crippen molar-refractivity contribution in [3.8, 4) is 11.1 Å². The first-order valence-corrected chi connectivity index (χ1v) is 8.23. The Morgan fingerprint density at radius 1 is 0.905 bits per heavy atom. The van der Waals surface area contributed by atoms with Gasteiger partial charge < -0.3 is 5.32 Å². The number of nitrogens with one attached hydrogen (secondary N) is 1. The van der Waals surface area contributed by atoms with Crippen LogP contribution in [0.15, 0.2) is 42.5 Å². The highest BCUT2D eigenvalue weighted by molar-refractivity contribution is 5.65. The van der Waals surface area contributed by atoms with Crippen LogP contribution < -0.4 is 5.32 Å². The first-order chi connectivity index (χ1) is 10.3. The molecular weight excluding hydrogens is 254 g/mol. The lowest BCUT2D eigenvalue weighted by Gasteiger charge is -2.17. The van der Waals surface area contributed by atoms with E-state index in [4.69, 9.17) is 0 Å². The van der Waals surface area contributed by atoms with E-state index in [1.165, 1.54) is 42.4 Å². The number of fused-ring (bicyclic) bond motifs is 1. The topological polar surface area (TPSA) is 12.0 Å². The molecule has 1 N–H and O–H groups in total. The van der Waals surface area contributed by atoms with Crippen molar-refractivity contribution in [1.29, 1.82) is 0 Å². The fourth-order valence-corrected chi connectivity index (χ4v) is 3.30. The predicted molar refractivity (Wildman–Crippen MR) is 90.6 cm³/mol. The minimum Gasteiger partial charge on any atom is -0.310 e. The molecule has 0 aromatic heterocycles. The van der Waals surface area contributed by atoms with Gasteiger partial charge in [-0.1, -0.05) is 49.4 Å². The average Bonchev–Trinajstić information content (AvgIpc) is 2.55. The van der Waals surface area contributed by atoms with Crippen LogP contribution in [0.2, 0.25) is 0 Å². The third-order valence-corrected chi connectivity index (χ3v) is 4.60. The first-order valence-electron chi connectivity index (χ1n) is 8.23. The summed E-state index contributed by atoms with van der Waals surface area (Å²) < 4.78 is 0. The lowest BCUT2D eigenvalue weighted by atomic mass is 9.89. The molecule has 1 nitrogen and oxygen atoms in total. The summed E-state index contributed by atoms with van der Waals surface area (Å²) in [5, 5.41) is 3.46. The van der Waals surface area contributed by atoms with Gasteiger partial charge in [0.15, 0.2) is 0 Å². The maximum atomic E-state index is 3.46. The van der Waals surface area contributed by atoms with Gasteiger partial charge in [-0.15, -0.1) is 0 Å². The second-order valence-electron chi connectivity index (χ2n) is 6.09. The maximum Gasteiger partial charge on any atom is 0.0291 e. The zero-order chi connectivity index (χ0) is 14.7. The van der Waals surface area contributed by atoms with Gasteiger partial charge in [0.05, 0.1) is 0 Å². The Labute approximate surface area is 128 Å². The summed E-state index contributed by atoms with van der Waals surface area (Å²) in [6.07, 6.45) is 5.20. The van der Waals surface area contributed by atoms with Crippen LogP contribution >= 0.6 is 0 Å². The molecule has 0 saturated carbocycles. The molecule has 3 rings (SSSR count). The molecule has 0 bridgehead atoms. The van der Waals surface area contributed by atoms with Crippen LogP contribution in [-0.2, 0) is 12.8 Å². The molecule has 1 heteroatoms. The highest BCUT2D eigenvalue weighted by Crippen LogP contribution is 2.28. The molecule has 0 heterocycles. The maximum absolute atomic E-state index is 3.46. The summed E-state index contributed by atoms with van der Waals surface area (Å²) in [5.41, 5.74) is 7.17. The van der Waals surface area contributed by atoms with Crippen molar-refractivity contribution in [2.75, 3.05) is 6.54 Å².